The van der Waals surface area contributed by atoms with Gasteiger partial charge in [-0.2, -0.15) is 13.2 Å². The quantitative estimate of drug-likeness (QED) is 0.501. The lowest BCUT2D eigenvalue weighted by Gasteiger charge is -2.35. The Morgan fingerprint density at radius 3 is 2.48 bits per heavy atom. The summed E-state index contributed by atoms with van der Waals surface area (Å²) >= 11 is 0. The highest BCUT2D eigenvalue weighted by atomic mass is 19.4. The van der Waals surface area contributed by atoms with Gasteiger partial charge in [0.15, 0.2) is 0 Å². The van der Waals surface area contributed by atoms with E-state index in [1.54, 1.807) is 0 Å². The molecule has 1 amide bonds. The Kier molecular flexibility index (Phi) is 8.46. The van der Waals surface area contributed by atoms with E-state index >= 15 is 0 Å². The van der Waals surface area contributed by atoms with Gasteiger partial charge in [0.25, 0.3) is 5.91 Å². The summed E-state index contributed by atoms with van der Waals surface area (Å²) in [5, 5.41) is 13.9. The third-order valence-electron chi connectivity index (χ3n) is 7.86. The maximum Gasteiger partial charge on any atom is 0.417 e. The molecule has 2 fully saturated rings. The van der Waals surface area contributed by atoms with Crippen LogP contribution in [0.1, 0.15) is 61.9 Å². The maximum absolute atomic E-state index is 14.0. The van der Waals surface area contributed by atoms with Crippen molar-refractivity contribution in [3.05, 3.63) is 58.8 Å². The fraction of sp³-hybridized carbons (Fsp3) is 0.552. The van der Waals surface area contributed by atoms with Gasteiger partial charge in [-0.05, 0) is 42.4 Å². The number of alkyl halides is 3. The first-order valence-electron chi connectivity index (χ1n) is 13.3. The van der Waals surface area contributed by atoms with Gasteiger partial charge < -0.3 is 24.8 Å². The van der Waals surface area contributed by atoms with Gasteiger partial charge in [0.05, 0.1) is 18.7 Å². The van der Waals surface area contributed by atoms with Crippen molar-refractivity contribution in [2.75, 3.05) is 13.7 Å². The number of carboxylic acids is 1. The van der Waals surface area contributed by atoms with Crippen LogP contribution in [-0.4, -0.2) is 58.8 Å². The molecule has 8 nitrogen and oxygen atoms in total. The number of rotatable bonds is 7. The lowest BCUT2D eigenvalue weighted by atomic mass is 9.72. The molecule has 5 atom stereocenters. The average molecular weight is 564 g/mol. The van der Waals surface area contributed by atoms with Crippen LogP contribution in [0.2, 0.25) is 0 Å². The van der Waals surface area contributed by atoms with Crippen LogP contribution in [0.15, 0.2) is 36.5 Å². The first kappa shape index (κ1) is 29.8. The summed E-state index contributed by atoms with van der Waals surface area (Å²) in [7, 11) is 1.32. The lowest BCUT2D eigenvalue weighted by Crippen LogP contribution is -2.50. The van der Waals surface area contributed by atoms with Gasteiger partial charge in [0.2, 0.25) is 5.88 Å². The first-order chi connectivity index (χ1) is 18.8. The number of aromatic nitrogens is 1. The molecule has 2 aliphatic rings. The molecule has 0 radical (unpaired) electrons. The van der Waals surface area contributed by atoms with E-state index in [2.05, 4.69) is 10.3 Å². The third kappa shape index (κ3) is 5.81. The number of hydrogen-bond acceptors (Lipinski definition) is 6. The molecule has 2 saturated heterocycles. The Balaban J connectivity index is 1.84. The van der Waals surface area contributed by atoms with E-state index in [1.807, 2.05) is 52.0 Å². The molecule has 0 spiro atoms. The van der Waals surface area contributed by atoms with Crippen LogP contribution >= 0.6 is 0 Å². The summed E-state index contributed by atoms with van der Waals surface area (Å²) in [6, 6.07) is 5.88. The van der Waals surface area contributed by atoms with Crippen molar-refractivity contribution in [2.45, 2.75) is 77.5 Å². The Bertz CT molecular complexity index is 1240. The fourth-order valence-corrected chi connectivity index (χ4v) is 6.10. The van der Waals surface area contributed by atoms with Crippen molar-refractivity contribution in [3.63, 3.8) is 0 Å². The van der Waals surface area contributed by atoms with Gasteiger partial charge in [0.1, 0.15) is 12.1 Å². The number of hydrogen-bond donors (Lipinski definition) is 2. The molecule has 0 aliphatic carbocycles. The number of benzene rings is 1. The Morgan fingerprint density at radius 2 is 1.93 bits per heavy atom. The molecule has 40 heavy (non-hydrogen) atoms. The number of methoxy groups -OCH3 is 1. The van der Waals surface area contributed by atoms with Crippen molar-refractivity contribution in [1.82, 2.24) is 15.2 Å². The van der Waals surface area contributed by atoms with E-state index in [0.717, 1.165) is 17.2 Å². The number of carboxylic acid groups (broad SMARTS) is 1. The SMILES string of the molecule is COc1ncc(C(F)(F)F)cc1CN[C@H]1[C@H](C(C)(C)C)[C@@H](C(=O)O)N(C(=O)[C@@H]2CCCO2)[C@H]1c1ccccc1C. The predicted octanol–water partition coefficient (Wildman–Crippen LogP) is 4.75. The van der Waals surface area contributed by atoms with Gasteiger partial charge in [-0.3, -0.25) is 4.79 Å². The topological polar surface area (TPSA) is 101 Å². The molecule has 0 unspecified atom stereocenters. The Morgan fingerprint density at radius 1 is 1.23 bits per heavy atom. The third-order valence-corrected chi connectivity index (χ3v) is 7.86. The lowest BCUT2D eigenvalue weighted by molar-refractivity contribution is -0.156. The van der Waals surface area contributed by atoms with Crippen molar-refractivity contribution in [2.24, 2.45) is 11.3 Å². The standard InChI is InChI=1S/C29H36F3N3O5/c1-16-9-6-7-10-19(16)23-22(33-14-17-13-18(29(30,31)32)15-34-25(17)39-5)21(28(2,3)4)24(27(37)38)35(23)26(36)20-11-8-12-40-20/h6-7,9-10,13,15,20-24,33H,8,11-12,14H2,1-5H3,(H,37,38)/t20-,21-,22-,23-,24-/m0/s1. The minimum absolute atomic E-state index is 0.0281. The van der Waals surface area contributed by atoms with E-state index in [9.17, 15) is 27.9 Å². The van der Waals surface area contributed by atoms with Gasteiger partial charge in [-0.1, -0.05) is 45.0 Å². The average Bonchev–Trinajstić information content (AvgIpc) is 3.53. The molecule has 2 aromatic rings. The highest BCUT2D eigenvalue weighted by molar-refractivity contribution is 5.88. The van der Waals surface area contributed by atoms with Crippen molar-refractivity contribution >= 4 is 11.9 Å². The zero-order chi connectivity index (χ0) is 29.4. The summed E-state index contributed by atoms with van der Waals surface area (Å²) in [5.74, 6) is -2.12. The van der Waals surface area contributed by atoms with E-state index in [4.69, 9.17) is 9.47 Å². The normalized spacial score (nSPS) is 25.3. The number of aryl methyl sites for hydroxylation is 1. The summed E-state index contributed by atoms with van der Waals surface area (Å²) < 4.78 is 51.4. The second kappa shape index (κ2) is 11.4. The van der Waals surface area contributed by atoms with E-state index in [1.165, 1.54) is 12.0 Å². The van der Waals surface area contributed by atoms with Crippen LogP contribution in [-0.2, 0) is 27.0 Å². The number of carbonyl (C=O) groups excluding carboxylic acids is 1. The van der Waals surface area contributed by atoms with Gasteiger partial charge >= 0.3 is 12.1 Å². The predicted molar refractivity (Wildman–Crippen MR) is 141 cm³/mol. The van der Waals surface area contributed by atoms with Crippen LogP contribution in [0.25, 0.3) is 0 Å². The minimum atomic E-state index is -4.60. The summed E-state index contributed by atoms with van der Waals surface area (Å²) in [5.41, 5.74) is 0.269. The molecule has 1 aromatic heterocycles. The summed E-state index contributed by atoms with van der Waals surface area (Å²) in [6.07, 6.45) is -3.44. The Labute approximate surface area is 231 Å². The molecule has 3 heterocycles. The van der Waals surface area contributed by atoms with Crippen LogP contribution < -0.4 is 10.1 Å². The van der Waals surface area contributed by atoms with E-state index in [-0.39, 0.29) is 18.0 Å². The molecular formula is C29H36F3N3O5. The number of nitrogens with one attached hydrogen (secondary N) is 1. The number of carbonyl (C=O) groups is 2. The highest BCUT2D eigenvalue weighted by Gasteiger charge is 2.59. The van der Waals surface area contributed by atoms with Gasteiger partial charge in [-0.15, -0.1) is 0 Å². The number of ether oxygens (including phenoxy) is 2. The second-order valence-corrected chi connectivity index (χ2v) is 11.5. The molecule has 218 valence electrons. The number of pyridine rings is 1. The maximum atomic E-state index is 14.0. The van der Waals surface area contributed by atoms with Gasteiger partial charge in [0, 0.05) is 36.9 Å². The van der Waals surface area contributed by atoms with Crippen molar-refractivity contribution < 1.29 is 37.3 Å². The fourth-order valence-electron chi connectivity index (χ4n) is 6.10. The van der Waals surface area contributed by atoms with Crippen LogP contribution in [0.3, 0.4) is 0 Å². The summed E-state index contributed by atoms with van der Waals surface area (Å²) in [6.45, 7) is 7.94. The van der Waals surface area contributed by atoms with Gasteiger partial charge in [-0.25, -0.2) is 9.78 Å². The molecule has 4 rings (SSSR count). The van der Waals surface area contributed by atoms with Crippen LogP contribution in [0, 0.1) is 18.3 Å². The van der Waals surface area contributed by atoms with Crippen molar-refractivity contribution in [1.29, 1.82) is 0 Å². The molecule has 11 heteroatoms. The molecular weight excluding hydrogens is 527 g/mol. The van der Waals surface area contributed by atoms with E-state index in [0.29, 0.717) is 25.6 Å². The monoisotopic (exact) mass is 563 g/mol. The molecule has 2 N–H and O–H groups in total. The first-order valence-corrected chi connectivity index (χ1v) is 13.3. The minimum Gasteiger partial charge on any atom is -0.481 e. The number of halogens is 3. The second-order valence-electron chi connectivity index (χ2n) is 11.5. The van der Waals surface area contributed by atoms with E-state index < -0.39 is 59.2 Å². The molecule has 1 aromatic carbocycles. The summed E-state index contributed by atoms with van der Waals surface area (Å²) in [4.78, 5) is 32.2. The number of aliphatic carboxylic acids is 1. The Hall–Kier alpha value is -3.18. The zero-order valence-corrected chi connectivity index (χ0v) is 23.3. The van der Waals surface area contributed by atoms with Crippen molar-refractivity contribution in [3.8, 4) is 5.88 Å². The molecule has 0 bridgehead atoms. The highest BCUT2D eigenvalue weighted by Crippen LogP contribution is 2.49. The van der Waals surface area contributed by atoms with Crippen LogP contribution in [0.4, 0.5) is 13.2 Å². The molecule has 0 saturated carbocycles. The number of amides is 1. The smallest absolute Gasteiger partial charge is 0.417 e. The largest absolute Gasteiger partial charge is 0.481 e. The van der Waals surface area contributed by atoms with Crippen LogP contribution in [0.5, 0.6) is 5.88 Å². The number of nitrogens with zero attached hydrogens (tertiary/aromatic N) is 2. The number of likely N-dealkylation sites (tertiary alicyclic amines) is 1. The zero-order valence-electron chi connectivity index (χ0n) is 23.3. The molecule has 2 aliphatic heterocycles.